The molecule has 0 bridgehead atoms. The number of nitrogens with zero attached hydrogens (tertiary/aromatic N) is 1. The number of aryl methyl sites for hydroxylation is 1. The molecule has 1 N–H and O–H groups in total. The summed E-state index contributed by atoms with van der Waals surface area (Å²) in [4.78, 5) is 11.5. The van der Waals surface area contributed by atoms with Crippen LogP contribution in [0.4, 0.5) is 5.00 Å². The van der Waals surface area contributed by atoms with Gasteiger partial charge in [0.05, 0.1) is 11.3 Å². The molecule has 5 heteroatoms. The van der Waals surface area contributed by atoms with Crippen LogP contribution in [0.1, 0.15) is 35.8 Å². The molecule has 4 nitrogen and oxygen atoms in total. The van der Waals surface area contributed by atoms with E-state index in [4.69, 9.17) is 4.74 Å². The molecule has 1 fully saturated rings. The van der Waals surface area contributed by atoms with Crippen molar-refractivity contribution in [1.29, 1.82) is 0 Å². The van der Waals surface area contributed by atoms with Crippen LogP contribution in [0.15, 0.2) is 0 Å². The number of hydrogen-bond acceptors (Lipinski definition) is 5. The molecule has 2 rings (SSSR count). The average Bonchev–Trinajstić information content (AvgIpc) is 2.69. The molecule has 0 saturated carbocycles. The van der Waals surface area contributed by atoms with Gasteiger partial charge >= 0.3 is 0 Å². The monoisotopic (exact) mass is 254 g/mol. The van der Waals surface area contributed by atoms with Crippen molar-refractivity contribution in [1.82, 2.24) is 4.37 Å². The fourth-order valence-corrected chi connectivity index (χ4v) is 2.94. The molecule has 0 radical (unpaired) electrons. The molecule has 0 atom stereocenters. The lowest BCUT2D eigenvalue weighted by Crippen LogP contribution is -2.22. The molecule has 1 saturated heterocycles. The largest absolute Gasteiger partial charge is 0.381 e. The summed E-state index contributed by atoms with van der Waals surface area (Å²) in [7, 11) is 0. The SMILES string of the molecule is CC(=O)c1c(C)nsc1NCC1CCOCC1. The number of ether oxygens (including phenoxy) is 1. The molecule has 1 aromatic heterocycles. The summed E-state index contributed by atoms with van der Waals surface area (Å²) in [5, 5.41) is 4.28. The molecule has 0 spiro atoms. The predicted octanol–water partition coefficient (Wildman–Crippen LogP) is 2.49. The van der Waals surface area contributed by atoms with E-state index in [-0.39, 0.29) is 5.78 Å². The van der Waals surface area contributed by atoms with Gasteiger partial charge in [-0.1, -0.05) is 0 Å². The van der Waals surface area contributed by atoms with Gasteiger partial charge in [0.15, 0.2) is 5.78 Å². The van der Waals surface area contributed by atoms with Crippen molar-refractivity contribution in [3.63, 3.8) is 0 Å². The van der Waals surface area contributed by atoms with Crippen molar-refractivity contribution in [2.75, 3.05) is 25.1 Å². The Bertz CT molecular complexity index is 397. The summed E-state index contributed by atoms with van der Waals surface area (Å²) in [5.41, 5.74) is 1.58. The Hall–Kier alpha value is -0.940. The number of carbonyl (C=O) groups is 1. The van der Waals surface area contributed by atoms with Crippen molar-refractivity contribution in [3.8, 4) is 0 Å². The Balaban J connectivity index is 1.96. The van der Waals surface area contributed by atoms with E-state index in [1.165, 1.54) is 11.5 Å². The van der Waals surface area contributed by atoms with E-state index < -0.39 is 0 Å². The Morgan fingerprint density at radius 3 is 2.88 bits per heavy atom. The van der Waals surface area contributed by atoms with Crippen LogP contribution < -0.4 is 5.32 Å². The first-order valence-corrected chi connectivity index (χ1v) is 6.74. The summed E-state index contributed by atoms with van der Waals surface area (Å²) in [6.45, 7) is 6.09. The van der Waals surface area contributed by atoms with E-state index in [1.807, 2.05) is 6.92 Å². The standard InChI is InChI=1S/C12H18N2O2S/c1-8-11(9(2)15)12(17-14-8)13-7-10-3-5-16-6-4-10/h10,13H,3-7H2,1-2H3. The van der Waals surface area contributed by atoms with Gasteiger partial charge in [-0.25, -0.2) is 0 Å². The first-order valence-electron chi connectivity index (χ1n) is 5.97. The number of anilines is 1. The van der Waals surface area contributed by atoms with Crippen LogP contribution >= 0.6 is 11.5 Å². The molecular formula is C12H18N2O2S. The van der Waals surface area contributed by atoms with Crippen molar-refractivity contribution in [3.05, 3.63) is 11.3 Å². The number of rotatable bonds is 4. The predicted molar refractivity (Wildman–Crippen MR) is 68.9 cm³/mol. The quantitative estimate of drug-likeness (QED) is 0.839. The third-order valence-electron chi connectivity index (χ3n) is 3.11. The van der Waals surface area contributed by atoms with Crippen LogP contribution in [0.2, 0.25) is 0 Å². The first-order chi connectivity index (χ1) is 8.18. The molecule has 1 aliphatic rings. The van der Waals surface area contributed by atoms with Gasteiger partial charge in [0.2, 0.25) is 0 Å². The minimum absolute atomic E-state index is 0.0886. The van der Waals surface area contributed by atoms with Gasteiger partial charge in [-0.2, -0.15) is 4.37 Å². The van der Waals surface area contributed by atoms with Crippen LogP contribution in [-0.4, -0.2) is 29.9 Å². The van der Waals surface area contributed by atoms with E-state index in [9.17, 15) is 4.79 Å². The molecule has 1 aromatic rings. The molecule has 0 aliphatic carbocycles. The lowest BCUT2D eigenvalue weighted by molar-refractivity contribution is 0.0699. The van der Waals surface area contributed by atoms with E-state index in [0.717, 1.165) is 48.9 Å². The smallest absolute Gasteiger partial charge is 0.164 e. The maximum absolute atomic E-state index is 11.5. The van der Waals surface area contributed by atoms with Gasteiger partial charge in [0.25, 0.3) is 0 Å². The fourth-order valence-electron chi connectivity index (χ4n) is 2.09. The second-order valence-electron chi connectivity index (χ2n) is 4.46. The zero-order valence-corrected chi connectivity index (χ0v) is 11.1. The van der Waals surface area contributed by atoms with E-state index in [0.29, 0.717) is 5.92 Å². The van der Waals surface area contributed by atoms with Gasteiger partial charge < -0.3 is 10.1 Å². The lowest BCUT2D eigenvalue weighted by atomic mass is 10.0. The molecule has 94 valence electrons. The van der Waals surface area contributed by atoms with Crippen molar-refractivity contribution >= 4 is 22.3 Å². The fraction of sp³-hybridized carbons (Fsp3) is 0.667. The second-order valence-corrected chi connectivity index (χ2v) is 5.24. The van der Waals surface area contributed by atoms with Gasteiger partial charge in [-0.05, 0) is 44.1 Å². The average molecular weight is 254 g/mol. The highest BCUT2D eigenvalue weighted by molar-refractivity contribution is 7.10. The van der Waals surface area contributed by atoms with Crippen LogP contribution in [0.5, 0.6) is 0 Å². The number of nitrogens with one attached hydrogen (secondary N) is 1. The number of aromatic nitrogens is 1. The van der Waals surface area contributed by atoms with E-state index in [2.05, 4.69) is 9.69 Å². The highest BCUT2D eigenvalue weighted by Crippen LogP contribution is 2.26. The Morgan fingerprint density at radius 1 is 1.53 bits per heavy atom. The normalized spacial score (nSPS) is 17.1. The summed E-state index contributed by atoms with van der Waals surface area (Å²) in [6.07, 6.45) is 2.19. The van der Waals surface area contributed by atoms with Crippen LogP contribution in [0.25, 0.3) is 0 Å². The van der Waals surface area contributed by atoms with Gasteiger partial charge in [-0.15, -0.1) is 0 Å². The number of hydrogen-bond donors (Lipinski definition) is 1. The van der Waals surface area contributed by atoms with Crippen molar-refractivity contribution < 1.29 is 9.53 Å². The first kappa shape index (κ1) is 12.5. The van der Waals surface area contributed by atoms with E-state index >= 15 is 0 Å². The molecule has 17 heavy (non-hydrogen) atoms. The second kappa shape index (κ2) is 5.60. The lowest BCUT2D eigenvalue weighted by Gasteiger charge is -2.22. The molecule has 0 aromatic carbocycles. The number of carbonyl (C=O) groups excluding carboxylic acids is 1. The van der Waals surface area contributed by atoms with Gasteiger partial charge in [0.1, 0.15) is 5.00 Å². The Labute approximate surface area is 106 Å². The zero-order valence-electron chi connectivity index (χ0n) is 10.3. The maximum atomic E-state index is 11.5. The third kappa shape index (κ3) is 3.04. The van der Waals surface area contributed by atoms with Crippen molar-refractivity contribution in [2.45, 2.75) is 26.7 Å². The molecule has 0 unspecified atom stereocenters. The van der Waals surface area contributed by atoms with Gasteiger partial charge in [0, 0.05) is 19.8 Å². The Kier molecular flexibility index (Phi) is 4.12. The van der Waals surface area contributed by atoms with Crippen LogP contribution in [0.3, 0.4) is 0 Å². The molecular weight excluding hydrogens is 236 g/mol. The third-order valence-corrected chi connectivity index (χ3v) is 4.00. The van der Waals surface area contributed by atoms with Crippen molar-refractivity contribution in [2.24, 2.45) is 5.92 Å². The molecule has 2 heterocycles. The molecule has 0 amide bonds. The highest BCUT2D eigenvalue weighted by Gasteiger charge is 2.17. The number of Topliss-reactive ketones (excluding diaryl/α,β-unsaturated/α-hetero) is 1. The summed E-state index contributed by atoms with van der Waals surface area (Å²) < 4.78 is 9.56. The summed E-state index contributed by atoms with van der Waals surface area (Å²) in [6, 6.07) is 0. The van der Waals surface area contributed by atoms with Crippen LogP contribution in [-0.2, 0) is 4.74 Å². The maximum Gasteiger partial charge on any atom is 0.164 e. The zero-order chi connectivity index (χ0) is 12.3. The van der Waals surface area contributed by atoms with Gasteiger partial charge in [-0.3, -0.25) is 4.79 Å². The molecule has 1 aliphatic heterocycles. The summed E-state index contributed by atoms with van der Waals surface area (Å²) in [5.74, 6) is 0.733. The van der Waals surface area contributed by atoms with Crippen LogP contribution in [0, 0.1) is 12.8 Å². The minimum atomic E-state index is 0.0886. The Morgan fingerprint density at radius 2 is 2.24 bits per heavy atom. The summed E-state index contributed by atoms with van der Waals surface area (Å²) >= 11 is 1.38. The number of ketones is 1. The highest BCUT2D eigenvalue weighted by atomic mass is 32.1. The minimum Gasteiger partial charge on any atom is -0.381 e. The topological polar surface area (TPSA) is 51.2 Å². The van der Waals surface area contributed by atoms with E-state index in [1.54, 1.807) is 6.92 Å².